The van der Waals surface area contributed by atoms with Crippen molar-refractivity contribution in [3.8, 4) is 11.5 Å². The summed E-state index contributed by atoms with van der Waals surface area (Å²) in [4.78, 5) is 25.2. The van der Waals surface area contributed by atoms with Gasteiger partial charge in [-0.2, -0.15) is 0 Å². The van der Waals surface area contributed by atoms with Gasteiger partial charge in [-0.3, -0.25) is 9.59 Å². The van der Waals surface area contributed by atoms with Crippen molar-refractivity contribution in [2.45, 2.75) is 13.5 Å². The molecule has 0 fully saturated rings. The molecule has 0 aliphatic carbocycles. The number of anilines is 2. The second-order valence-corrected chi connectivity index (χ2v) is 8.00. The van der Waals surface area contributed by atoms with E-state index in [0.29, 0.717) is 53.2 Å². The number of aryl methyl sites for hydroxylation is 1. The fraction of sp³-hybridized carbons (Fsp3) is 0.200. The van der Waals surface area contributed by atoms with Crippen LogP contribution in [0.15, 0.2) is 60.7 Å². The first-order valence-electron chi connectivity index (χ1n) is 10.6. The van der Waals surface area contributed by atoms with Gasteiger partial charge in [0.1, 0.15) is 13.2 Å². The SMILES string of the molecule is Cc1ccc(CNC(=O)c2ccccc2NCC(=O)Nc2cc3c(cc2Cl)OCCO3)cc1. The number of hydrogen-bond acceptors (Lipinski definition) is 5. The highest BCUT2D eigenvalue weighted by molar-refractivity contribution is 6.34. The van der Waals surface area contributed by atoms with Gasteiger partial charge in [-0.25, -0.2) is 0 Å². The number of halogens is 1. The van der Waals surface area contributed by atoms with Crippen LogP contribution in [0.2, 0.25) is 5.02 Å². The zero-order valence-corrected chi connectivity index (χ0v) is 18.9. The topological polar surface area (TPSA) is 88.7 Å². The standard InChI is InChI=1S/C25H24ClN3O4/c1-16-6-8-17(9-7-16)14-28-25(31)18-4-2-3-5-20(18)27-15-24(30)29-21-13-23-22(12-19(21)26)32-10-11-33-23/h2-9,12-13,27H,10-11,14-15H2,1H3,(H,28,31)(H,29,30). The number of ether oxygens (including phenoxy) is 2. The van der Waals surface area contributed by atoms with Crippen LogP contribution < -0.4 is 25.4 Å². The molecule has 3 N–H and O–H groups in total. The molecule has 1 aliphatic rings. The first-order chi connectivity index (χ1) is 16.0. The molecule has 1 aliphatic heterocycles. The van der Waals surface area contributed by atoms with Crippen LogP contribution in [0.1, 0.15) is 21.5 Å². The molecule has 1 heterocycles. The Morgan fingerprint density at radius 3 is 2.39 bits per heavy atom. The van der Waals surface area contributed by atoms with Crippen molar-refractivity contribution in [2.75, 3.05) is 30.4 Å². The minimum Gasteiger partial charge on any atom is -0.486 e. The molecule has 0 spiro atoms. The Bertz CT molecular complexity index is 1160. The van der Waals surface area contributed by atoms with E-state index in [1.54, 1.807) is 36.4 Å². The molecule has 0 saturated heterocycles. The van der Waals surface area contributed by atoms with Crippen molar-refractivity contribution in [1.82, 2.24) is 5.32 Å². The Balaban J connectivity index is 1.36. The highest BCUT2D eigenvalue weighted by Gasteiger charge is 2.17. The average molecular weight is 466 g/mol. The Morgan fingerprint density at radius 2 is 1.64 bits per heavy atom. The molecule has 8 heteroatoms. The van der Waals surface area contributed by atoms with Crippen molar-refractivity contribution in [3.05, 3.63) is 82.4 Å². The van der Waals surface area contributed by atoms with Crippen molar-refractivity contribution in [3.63, 3.8) is 0 Å². The fourth-order valence-corrected chi connectivity index (χ4v) is 3.55. The molecule has 0 atom stereocenters. The summed E-state index contributed by atoms with van der Waals surface area (Å²) in [6.07, 6.45) is 0. The van der Waals surface area contributed by atoms with E-state index in [9.17, 15) is 9.59 Å². The van der Waals surface area contributed by atoms with Gasteiger partial charge in [0.25, 0.3) is 5.91 Å². The lowest BCUT2D eigenvalue weighted by Crippen LogP contribution is -2.26. The third kappa shape index (κ3) is 5.75. The van der Waals surface area contributed by atoms with Gasteiger partial charge in [-0.15, -0.1) is 0 Å². The van der Waals surface area contributed by atoms with Crippen LogP contribution in [-0.2, 0) is 11.3 Å². The fourth-order valence-electron chi connectivity index (χ4n) is 3.35. The number of carbonyl (C=O) groups is 2. The van der Waals surface area contributed by atoms with Crippen LogP contribution in [-0.4, -0.2) is 31.6 Å². The van der Waals surface area contributed by atoms with Gasteiger partial charge in [0.2, 0.25) is 5.91 Å². The third-order valence-electron chi connectivity index (χ3n) is 5.09. The first kappa shape index (κ1) is 22.5. The van der Waals surface area contributed by atoms with E-state index >= 15 is 0 Å². The van der Waals surface area contributed by atoms with Crippen molar-refractivity contribution < 1.29 is 19.1 Å². The maximum absolute atomic E-state index is 12.7. The smallest absolute Gasteiger partial charge is 0.253 e. The van der Waals surface area contributed by atoms with E-state index < -0.39 is 0 Å². The number of amides is 2. The highest BCUT2D eigenvalue weighted by Crippen LogP contribution is 2.37. The summed E-state index contributed by atoms with van der Waals surface area (Å²) in [5.74, 6) is 0.537. The molecule has 3 aromatic rings. The predicted molar refractivity (Wildman–Crippen MR) is 128 cm³/mol. The zero-order valence-electron chi connectivity index (χ0n) is 18.1. The van der Waals surface area contributed by atoms with E-state index in [0.717, 1.165) is 11.1 Å². The van der Waals surface area contributed by atoms with Gasteiger partial charge in [-0.05, 0) is 24.6 Å². The van der Waals surface area contributed by atoms with Crippen LogP contribution in [0.25, 0.3) is 0 Å². The zero-order chi connectivity index (χ0) is 23.2. The van der Waals surface area contributed by atoms with Crippen molar-refractivity contribution in [2.24, 2.45) is 0 Å². The van der Waals surface area contributed by atoms with E-state index in [4.69, 9.17) is 21.1 Å². The minimum atomic E-state index is -0.316. The lowest BCUT2D eigenvalue weighted by atomic mass is 10.1. The first-order valence-corrected chi connectivity index (χ1v) is 10.9. The number of fused-ring (bicyclic) bond motifs is 1. The molecule has 170 valence electrons. The van der Waals surface area contributed by atoms with Crippen LogP contribution in [0.5, 0.6) is 11.5 Å². The summed E-state index contributed by atoms with van der Waals surface area (Å²) < 4.78 is 11.0. The molecule has 33 heavy (non-hydrogen) atoms. The molecule has 3 aromatic carbocycles. The molecule has 7 nitrogen and oxygen atoms in total. The number of benzene rings is 3. The summed E-state index contributed by atoms with van der Waals surface area (Å²) in [7, 11) is 0. The Hall–Kier alpha value is -3.71. The molecule has 4 rings (SSSR count). The van der Waals surface area contributed by atoms with Gasteiger partial charge in [0.05, 0.1) is 22.8 Å². The van der Waals surface area contributed by atoms with Gasteiger partial charge in [0, 0.05) is 24.4 Å². The van der Waals surface area contributed by atoms with E-state index in [-0.39, 0.29) is 18.4 Å². The largest absolute Gasteiger partial charge is 0.486 e. The van der Waals surface area contributed by atoms with Crippen LogP contribution in [0, 0.1) is 6.92 Å². The number of hydrogen-bond donors (Lipinski definition) is 3. The Kier molecular flexibility index (Phi) is 7.00. The third-order valence-corrected chi connectivity index (χ3v) is 5.40. The molecular weight excluding hydrogens is 442 g/mol. The maximum Gasteiger partial charge on any atom is 0.253 e. The lowest BCUT2D eigenvalue weighted by Gasteiger charge is -2.20. The molecule has 2 amide bonds. The van der Waals surface area contributed by atoms with Crippen LogP contribution in [0.4, 0.5) is 11.4 Å². The predicted octanol–water partition coefficient (Wildman–Crippen LogP) is 4.40. The molecule has 0 aromatic heterocycles. The quantitative estimate of drug-likeness (QED) is 0.481. The van der Waals surface area contributed by atoms with E-state index in [1.165, 1.54) is 0 Å². The monoisotopic (exact) mass is 465 g/mol. The second kappa shape index (κ2) is 10.3. The lowest BCUT2D eigenvalue weighted by molar-refractivity contribution is -0.114. The molecule has 0 bridgehead atoms. The van der Waals surface area contributed by atoms with Crippen molar-refractivity contribution in [1.29, 1.82) is 0 Å². The summed E-state index contributed by atoms with van der Waals surface area (Å²) in [5, 5.41) is 9.06. The minimum absolute atomic E-state index is 0.0486. The molecular formula is C25H24ClN3O4. The normalized spacial score (nSPS) is 12.1. The van der Waals surface area contributed by atoms with Crippen LogP contribution >= 0.6 is 11.6 Å². The Morgan fingerprint density at radius 1 is 0.939 bits per heavy atom. The average Bonchev–Trinajstić information content (AvgIpc) is 2.83. The van der Waals surface area contributed by atoms with Gasteiger partial charge in [-0.1, -0.05) is 53.6 Å². The van der Waals surface area contributed by atoms with Crippen LogP contribution in [0.3, 0.4) is 0 Å². The highest BCUT2D eigenvalue weighted by atomic mass is 35.5. The number of rotatable bonds is 7. The second-order valence-electron chi connectivity index (χ2n) is 7.59. The Labute approximate surface area is 197 Å². The van der Waals surface area contributed by atoms with Gasteiger partial charge in [0.15, 0.2) is 11.5 Å². The summed E-state index contributed by atoms with van der Waals surface area (Å²) in [6, 6.07) is 18.3. The summed E-state index contributed by atoms with van der Waals surface area (Å²) >= 11 is 6.26. The van der Waals surface area contributed by atoms with Gasteiger partial charge >= 0.3 is 0 Å². The summed E-state index contributed by atoms with van der Waals surface area (Å²) in [5.41, 5.74) is 3.61. The molecule has 0 unspecified atom stereocenters. The number of para-hydroxylation sites is 1. The molecule has 0 saturated carbocycles. The number of carbonyl (C=O) groups excluding carboxylic acids is 2. The van der Waals surface area contributed by atoms with E-state index in [2.05, 4.69) is 16.0 Å². The maximum atomic E-state index is 12.7. The number of nitrogens with one attached hydrogen (secondary N) is 3. The molecule has 0 radical (unpaired) electrons. The van der Waals surface area contributed by atoms with Crippen molar-refractivity contribution >= 4 is 34.8 Å². The van der Waals surface area contributed by atoms with E-state index in [1.807, 2.05) is 31.2 Å². The van der Waals surface area contributed by atoms with Gasteiger partial charge < -0.3 is 25.4 Å². The summed E-state index contributed by atoms with van der Waals surface area (Å²) in [6.45, 7) is 3.27.